The van der Waals surface area contributed by atoms with Gasteiger partial charge in [0, 0.05) is 21.1 Å². The van der Waals surface area contributed by atoms with Crippen molar-refractivity contribution in [1.82, 2.24) is 4.90 Å². The number of aliphatic hydroxyl groups is 1. The number of rotatable bonds is 4. The zero-order valence-corrected chi connectivity index (χ0v) is 16.1. The standard InChI is InChI=1S/C21H18N2O4S/c1-10-17-16(11(2)24)20(25)23(17)18(21(26)27)19(10)28-15-8-7-12(9-22)13-5-3-4-6-14(13)15/h3-8,10-11,16-17,24H,1-2H3,(H,26,27)/t10-,11-,16-,17-/m1/s1. The number of carbonyl (C=O) groups is 2. The summed E-state index contributed by atoms with van der Waals surface area (Å²) >= 11 is 1.32. The van der Waals surface area contributed by atoms with Gasteiger partial charge in [-0.3, -0.25) is 4.79 Å². The number of fused-ring (bicyclic) bond motifs is 2. The zero-order chi connectivity index (χ0) is 20.2. The van der Waals surface area contributed by atoms with Crippen LogP contribution in [-0.2, 0) is 9.59 Å². The highest BCUT2D eigenvalue weighted by atomic mass is 32.2. The predicted octanol–water partition coefficient (Wildman–Crippen LogP) is 2.96. The molecular formula is C21H18N2O4S. The number of hydrogen-bond acceptors (Lipinski definition) is 5. The molecule has 0 unspecified atom stereocenters. The van der Waals surface area contributed by atoms with Gasteiger partial charge in [0.2, 0.25) is 5.91 Å². The molecule has 2 aromatic rings. The van der Waals surface area contributed by atoms with Gasteiger partial charge in [-0.2, -0.15) is 5.26 Å². The lowest BCUT2D eigenvalue weighted by molar-refractivity contribution is -0.163. The molecule has 7 heteroatoms. The Bertz CT molecular complexity index is 1090. The van der Waals surface area contributed by atoms with E-state index in [2.05, 4.69) is 6.07 Å². The summed E-state index contributed by atoms with van der Waals surface area (Å²) in [6, 6.07) is 12.9. The third-order valence-corrected chi connectivity index (χ3v) is 6.90. The number of aliphatic hydroxyl groups excluding tert-OH is 1. The third-order valence-electron chi connectivity index (χ3n) is 5.54. The molecule has 1 fully saturated rings. The molecule has 0 saturated carbocycles. The molecule has 2 aliphatic heterocycles. The molecule has 1 amide bonds. The minimum absolute atomic E-state index is 0.00200. The van der Waals surface area contributed by atoms with E-state index in [9.17, 15) is 25.1 Å². The first-order chi connectivity index (χ1) is 13.4. The number of aliphatic carboxylic acids is 1. The monoisotopic (exact) mass is 394 g/mol. The van der Waals surface area contributed by atoms with Crippen molar-refractivity contribution in [3.63, 3.8) is 0 Å². The summed E-state index contributed by atoms with van der Waals surface area (Å²) < 4.78 is 0. The SMILES string of the molecule is C[C@@H](O)[C@H]1C(=O)N2C(C(=O)O)=C(Sc3ccc(C#N)c4ccccc34)[C@H](C)[C@H]12. The van der Waals surface area contributed by atoms with Crippen LogP contribution in [0, 0.1) is 23.2 Å². The first-order valence-corrected chi connectivity index (χ1v) is 9.76. The lowest BCUT2D eigenvalue weighted by Gasteiger charge is -2.46. The van der Waals surface area contributed by atoms with Crippen LogP contribution in [0.2, 0.25) is 0 Å². The van der Waals surface area contributed by atoms with Crippen molar-refractivity contribution < 1.29 is 19.8 Å². The van der Waals surface area contributed by atoms with Crippen LogP contribution in [0.25, 0.3) is 10.8 Å². The Kier molecular flexibility index (Phi) is 4.41. The summed E-state index contributed by atoms with van der Waals surface area (Å²) in [6.07, 6.45) is -0.827. The largest absolute Gasteiger partial charge is 0.477 e. The van der Waals surface area contributed by atoms with E-state index in [1.165, 1.54) is 16.7 Å². The lowest BCUT2D eigenvalue weighted by Crippen LogP contribution is -2.63. The van der Waals surface area contributed by atoms with Crippen molar-refractivity contribution in [1.29, 1.82) is 5.26 Å². The number of benzene rings is 2. The van der Waals surface area contributed by atoms with E-state index in [1.54, 1.807) is 13.0 Å². The van der Waals surface area contributed by atoms with E-state index in [0.29, 0.717) is 10.5 Å². The van der Waals surface area contributed by atoms with E-state index >= 15 is 0 Å². The highest BCUT2D eigenvalue weighted by Gasteiger charge is 2.60. The quantitative estimate of drug-likeness (QED) is 0.773. The van der Waals surface area contributed by atoms with Crippen LogP contribution in [0.1, 0.15) is 19.4 Å². The van der Waals surface area contributed by atoms with Gasteiger partial charge in [-0.1, -0.05) is 43.0 Å². The van der Waals surface area contributed by atoms with Crippen molar-refractivity contribution in [3.8, 4) is 6.07 Å². The average Bonchev–Trinajstić information content (AvgIpc) is 2.90. The van der Waals surface area contributed by atoms with Crippen LogP contribution in [0.4, 0.5) is 0 Å². The maximum atomic E-state index is 12.5. The molecule has 0 bridgehead atoms. The average molecular weight is 394 g/mol. The summed E-state index contributed by atoms with van der Waals surface area (Å²) in [4.78, 5) is 27.2. The Morgan fingerprint density at radius 3 is 2.54 bits per heavy atom. The molecule has 142 valence electrons. The first-order valence-electron chi connectivity index (χ1n) is 8.95. The predicted molar refractivity (Wildman–Crippen MR) is 104 cm³/mol. The fraction of sp³-hybridized carbons (Fsp3) is 0.286. The molecule has 2 aliphatic rings. The Balaban J connectivity index is 1.80. The number of carboxylic acids is 1. The van der Waals surface area contributed by atoms with Crippen LogP contribution in [0.3, 0.4) is 0 Å². The second-order valence-corrected chi connectivity index (χ2v) is 8.23. The molecule has 1 saturated heterocycles. The zero-order valence-electron chi connectivity index (χ0n) is 15.3. The molecule has 0 spiro atoms. The van der Waals surface area contributed by atoms with Crippen molar-refractivity contribution >= 4 is 34.4 Å². The van der Waals surface area contributed by atoms with Crippen LogP contribution in [0.15, 0.2) is 51.9 Å². The molecule has 0 aromatic heterocycles. The number of amides is 1. The Labute approximate surface area is 166 Å². The van der Waals surface area contributed by atoms with Gasteiger partial charge in [0.25, 0.3) is 0 Å². The van der Waals surface area contributed by atoms with Gasteiger partial charge in [-0.25, -0.2) is 4.79 Å². The molecule has 2 heterocycles. The van der Waals surface area contributed by atoms with Gasteiger partial charge in [-0.05, 0) is 24.4 Å². The minimum atomic E-state index is -1.15. The molecule has 2 aromatic carbocycles. The summed E-state index contributed by atoms with van der Waals surface area (Å²) in [7, 11) is 0. The Morgan fingerprint density at radius 2 is 1.93 bits per heavy atom. The Morgan fingerprint density at radius 1 is 1.25 bits per heavy atom. The molecule has 0 radical (unpaired) electrons. The second-order valence-electron chi connectivity index (χ2n) is 7.14. The van der Waals surface area contributed by atoms with Gasteiger partial charge in [0.15, 0.2) is 0 Å². The van der Waals surface area contributed by atoms with E-state index < -0.39 is 18.0 Å². The highest BCUT2D eigenvalue weighted by molar-refractivity contribution is 8.03. The maximum absolute atomic E-state index is 12.5. The van der Waals surface area contributed by atoms with E-state index in [1.807, 2.05) is 37.3 Å². The molecule has 4 atom stereocenters. The number of thioether (sulfide) groups is 1. The maximum Gasteiger partial charge on any atom is 0.353 e. The van der Waals surface area contributed by atoms with Crippen LogP contribution >= 0.6 is 11.8 Å². The number of hydrogen-bond donors (Lipinski definition) is 2. The van der Waals surface area contributed by atoms with Crippen molar-refractivity contribution in [2.75, 3.05) is 0 Å². The molecule has 0 aliphatic carbocycles. The first kappa shape index (κ1) is 18.5. The van der Waals surface area contributed by atoms with Gasteiger partial charge < -0.3 is 15.1 Å². The van der Waals surface area contributed by atoms with Gasteiger partial charge in [0.05, 0.1) is 29.7 Å². The number of carbonyl (C=O) groups excluding carboxylic acids is 1. The van der Waals surface area contributed by atoms with Crippen molar-refractivity contribution in [2.45, 2.75) is 30.9 Å². The van der Waals surface area contributed by atoms with Crippen molar-refractivity contribution in [3.05, 3.63) is 52.6 Å². The topological polar surface area (TPSA) is 102 Å². The van der Waals surface area contributed by atoms with Gasteiger partial charge in [0.1, 0.15) is 5.70 Å². The number of carboxylic acid groups (broad SMARTS) is 1. The van der Waals surface area contributed by atoms with Crippen LogP contribution in [0.5, 0.6) is 0 Å². The molecule has 2 N–H and O–H groups in total. The number of β-lactam (4-membered cyclic amide) rings is 1. The molecule has 28 heavy (non-hydrogen) atoms. The third kappa shape index (κ3) is 2.53. The Hall–Kier alpha value is -2.82. The summed E-state index contributed by atoms with van der Waals surface area (Å²) in [6.45, 7) is 3.45. The summed E-state index contributed by atoms with van der Waals surface area (Å²) in [5, 5.41) is 30.7. The number of nitrogens with zero attached hydrogens (tertiary/aromatic N) is 2. The molecule has 6 nitrogen and oxygen atoms in total. The molecule has 4 rings (SSSR count). The van der Waals surface area contributed by atoms with Crippen molar-refractivity contribution in [2.24, 2.45) is 11.8 Å². The van der Waals surface area contributed by atoms with Gasteiger partial charge in [-0.15, -0.1) is 0 Å². The van der Waals surface area contributed by atoms with E-state index in [4.69, 9.17) is 0 Å². The normalized spacial score (nSPS) is 24.7. The highest BCUT2D eigenvalue weighted by Crippen LogP contribution is 2.52. The van der Waals surface area contributed by atoms with Crippen LogP contribution in [-0.4, -0.2) is 39.1 Å². The smallest absolute Gasteiger partial charge is 0.353 e. The van der Waals surface area contributed by atoms with E-state index in [-0.39, 0.29) is 23.6 Å². The summed E-state index contributed by atoms with van der Waals surface area (Å²) in [5.74, 6) is -2.28. The summed E-state index contributed by atoms with van der Waals surface area (Å²) in [5.41, 5.74) is 0.554. The molecular weight excluding hydrogens is 376 g/mol. The second kappa shape index (κ2) is 6.66. The fourth-order valence-corrected chi connectivity index (χ4v) is 5.50. The number of nitriles is 1. The lowest BCUT2D eigenvalue weighted by atomic mass is 9.79. The van der Waals surface area contributed by atoms with Crippen LogP contribution < -0.4 is 0 Å². The van der Waals surface area contributed by atoms with Gasteiger partial charge >= 0.3 is 5.97 Å². The minimum Gasteiger partial charge on any atom is -0.477 e. The fourth-order valence-electron chi connectivity index (χ4n) is 4.23. The van der Waals surface area contributed by atoms with E-state index in [0.717, 1.165) is 15.7 Å².